The van der Waals surface area contributed by atoms with Gasteiger partial charge < -0.3 is 10.2 Å². The van der Waals surface area contributed by atoms with Gasteiger partial charge in [-0.25, -0.2) is 0 Å². The Balaban J connectivity index is 4.58. The molecule has 0 radical (unpaired) electrons. The van der Waals surface area contributed by atoms with Crippen LogP contribution in [-0.2, 0) is 19.8 Å². The lowest BCUT2D eigenvalue weighted by Crippen LogP contribution is -2.46. The molecule has 94 valence electrons. The van der Waals surface area contributed by atoms with Crippen molar-refractivity contribution < 1.29 is 28.2 Å². The van der Waals surface area contributed by atoms with Gasteiger partial charge in [-0.2, -0.15) is 17.4 Å². The zero-order chi connectivity index (χ0) is 12.9. The molecule has 0 aromatic heterocycles. The molecule has 0 aromatic rings. The normalized spacial score (nSPS) is 13.7. The van der Waals surface area contributed by atoms with Gasteiger partial charge in [0.15, 0.2) is 0 Å². The second-order valence-electron chi connectivity index (χ2n) is 3.23. The second kappa shape index (κ2) is 5.77. The highest BCUT2D eigenvalue weighted by Gasteiger charge is 2.25. The summed E-state index contributed by atoms with van der Waals surface area (Å²) in [4.78, 5) is 20.9. The van der Waals surface area contributed by atoms with Crippen molar-refractivity contribution in [2.24, 2.45) is 0 Å². The number of hydrogen-bond acceptors (Lipinski definition) is 4. The van der Waals surface area contributed by atoms with Gasteiger partial charge in [0.2, 0.25) is 0 Å². The van der Waals surface area contributed by atoms with Crippen molar-refractivity contribution in [3.05, 3.63) is 0 Å². The number of nitrogens with one attached hydrogen (secondary N) is 1. The summed E-state index contributed by atoms with van der Waals surface area (Å²) < 4.78 is 25.3. The Kier molecular flexibility index (Phi) is 5.35. The lowest BCUT2D eigenvalue weighted by Gasteiger charge is -2.17. The van der Waals surface area contributed by atoms with Crippen LogP contribution in [0.25, 0.3) is 0 Å². The van der Waals surface area contributed by atoms with Gasteiger partial charge in [-0.1, -0.05) is 0 Å². The zero-order valence-corrected chi connectivity index (χ0v) is 9.69. The average molecular weight is 254 g/mol. The first-order valence-electron chi connectivity index (χ1n) is 4.31. The van der Waals surface area contributed by atoms with Crippen molar-refractivity contribution in [3.63, 3.8) is 0 Å². The van der Waals surface area contributed by atoms with Crippen LogP contribution in [0.3, 0.4) is 0 Å². The molecule has 8 nitrogen and oxygen atoms in total. The zero-order valence-electron chi connectivity index (χ0n) is 8.87. The van der Waals surface area contributed by atoms with Crippen LogP contribution in [0.15, 0.2) is 0 Å². The van der Waals surface area contributed by atoms with E-state index in [4.69, 9.17) is 10.2 Å². The van der Waals surface area contributed by atoms with Gasteiger partial charge in [-0.3, -0.25) is 9.59 Å². The third kappa shape index (κ3) is 5.05. The van der Waals surface area contributed by atoms with Crippen LogP contribution in [0.5, 0.6) is 0 Å². The molecule has 0 spiro atoms. The highest BCUT2D eigenvalue weighted by molar-refractivity contribution is 7.87. The van der Waals surface area contributed by atoms with E-state index in [2.05, 4.69) is 0 Å². The molecular formula is C7H14N2O6S. The lowest BCUT2D eigenvalue weighted by atomic mass is 10.2. The number of nitrogens with zero attached hydrogens (tertiary/aromatic N) is 1. The molecule has 0 saturated heterocycles. The molecule has 0 aliphatic rings. The van der Waals surface area contributed by atoms with E-state index >= 15 is 0 Å². The minimum Gasteiger partial charge on any atom is -0.481 e. The summed E-state index contributed by atoms with van der Waals surface area (Å²) in [5, 5.41) is 17.1. The summed E-state index contributed by atoms with van der Waals surface area (Å²) in [6, 6.07) is -1.44. The molecule has 0 aliphatic heterocycles. The van der Waals surface area contributed by atoms with E-state index in [9.17, 15) is 18.0 Å². The van der Waals surface area contributed by atoms with Gasteiger partial charge in [0.25, 0.3) is 10.2 Å². The average Bonchev–Trinajstić information content (AvgIpc) is 2.11. The molecule has 0 unspecified atom stereocenters. The minimum atomic E-state index is -3.88. The van der Waals surface area contributed by atoms with Crippen LogP contribution in [-0.4, -0.2) is 55.0 Å². The van der Waals surface area contributed by atoms with Crippen LogP contribution in [0.2, 0.25) is 0 Å². The first-order chi connectivity index (χ1) is 7.16. The fourth-order valence-corrected chi connectivity index (χ4v) is 1.57. The van der Waals surface area contributed by atoms with E-state index in [1.165, 1.54) is 14.1 Å². The predicted molar refractivity (Wildman–Crippen MR) is 54.0 cm³/mol. The second-order valence-corrected chi connectivity index (χ2v) is 5.14. The summed E-state index contributed by atoms with van der Waals surface area (Å²) in [6.07, 6.45) is -0.731. The topological polar surface area (TPSA) is 124 Å². The number of carboxylic acids is 2. The fourth-order valence-electron chi connectivity index (χ4n) is 0.786. The maximum absolute atomic E-state index is 11.3. The van der Waals surface area contributed by atoms with Crippen molar-refractivity contribution in [3.8, 4) is 0 Å². The summed E-state index contributed by atoms with van der Waals surface area (Å²) in [6.45, 7) is 0. The summed E-state index contributed by atoms with van der Waals surface area (Å²) in [7, 11) is -1.41. The molecule has 0 aromatic carbocycles. The Labute approximate surface area is 93.0 Å². The third-order valence-corrected chi connectivity index (χ3v) is 3.26. The van der Waals surface area contributed by atoms with Gasteiger partial charge in [0.05, 0.1) is 0 Å². The van der Waals surface area contributed by atoms with Crippen molar-refractivity contribution in [1.82, 2.24) is 9.03 Å². The van der Waals surface area contributed by atoms with E-state index < -0.39 is 34.6 Å². The van der Waals surface area contributed by atoms with Crippen molar-refractivity contribution in [2.75, 3.05) is 14.1 Å². The fraction of sp³-hybridized carbons (Fsp3) is 0.714. The van der Waals surface area contributed by atoms with E-state index in [0.717, 1.165) is 4.31 Å². The summed E-state index contributed by atoms with van der Waals surface area (Å²) in [5.41, 5.74) is 0. The minimum absolute atomic E-state index is 0.308. The monoisotopic (exact) mass is 254 g/mol. The Bertz CT molecular complexity index is 363. The van der Waals surface area contributed by atoms with Crippen molar-refractivity contribution in [1.29, 1.82) is 0 Å². The molecular weight excluding hydrogens is 240 g/mol. The quantitative estimate of drug-likeness (QED) is 0.518. The molecule has 16 heavy (non-hydrogen) atoms. The number of carboxylic acid groups (broad SMARTS) is 2. The molecule has 0 heterocycles. The maximum atomic E-state index is 11.3. The third-order valence-electron chi connectivity index (χ3n) is 1.72. The maximum Gasteiger partial charge on any atom is 0.321 e. The van der Waals surface area contributed by atoms with Crippen LogP contribution < -0.4 is 4.72 Å². The van der Waals surface area contributed by atoms with E-state index in [0.29, 0.717) is 0 Å². The highest BCUT2D eigenvalue weighted by Crippen LogP contribution is 2.01. The number of aliphatic carboxylic acids is 2. The Morgan fingerprint density at radius 1 is 1.31 bits per heavy atom. The number of rotatable bonds is 7. The molecule has 0 aliphatic carbocycles. The molecule has 9 heteroatoms. The van der Waals surface area contributed by atoms with E-state index in [-0.39, 0.29) is 6.42 Å². The Morgan fingerprint density at radius 2 is 1.81 bits per heavy atom. The van der Waals surface area contributed by atoms with Gasteiger partial charge >= 0.3 is 11.9 Å². The first kappa shape index (κ1) is 14.8. The Hall–Kier alpha value is -1.19. The van der Waals surface area contributed by atoms with E-state index in [1.807, 2.05) is 4.72 Å². The van der Waals surface area contributed by atoms with Crippen LogP contribution in [0.1, 0.15) is 12.8 Å². The van der Waals surface area contributed by atoms with Gasteiger partial charge in [0.1, 0.15) is 6.04 Å². The van der Waals surface area contributed by atoms with E-state index in [1.54, 1.807) is 0 Å². The van der Waals surface area contributed by atoms with Crippen LogP contribution >= 0.6 is 0 Å². The molecule has 0 bridgehead atoms. The highest BCUT2D eigenvalue weighted by atomic mass is 32.2. The SMILES string of the molecule is CN(C)S(=O)(=O)N[C@@H](CCC(=O)O)C(=O)O. The molecule has 3 N–H and O–H groups in total. The molecule has 0 saturated carbocycles. The van der Waals surface area contributed by atoms with Crippen molar-refractivity contribution >= 4 is 22.1 Å². The van der Waals surface area contributed by atoms with Crippen LogP contribution in [0.4, 0.5) is 0 Å². The smallest absolute Gasteiger partial charge is 0.321 e. The number of hydrogen-bond donors (Lipinski definition) is 3. The van der Waals surface area contributed by atoms with Gasteiger partial charge in [-0.05, 0) is 6.42 Å². The Morgan fingerprint density at radius 3 is 2.12 bits per heavy atom. The summed E-state index contributed by atoms with van der Waals surface area (Å²) in [5.74, 6) is -2.60. The van der Waals surface area contributed by atoms with Crippen molar-refractivity contribution in [2.45, 2.75) is 18.9 Å². The largest absolute Gasteiger partial charge is 0.481 e. The van der Waals surface area contributed by atoms with Crippen LogP contribution in [0, 0.1) is 0 Å². The molecule has 1 atom stereocenters. The van der Waals surface area contributed by atoms with Gasteiger partial charge in [-0.15, -0.1) is 0 Å². The lowest BCUT2D eigenvalue weighted by molar-refractivity contribution is -0.140. The summed E-state index contributed by atoms with van der Waals surface area (Å²) >= 11 is 0. The molecule has 0 amide bonds. The predicted octanol–water partition coefficient (Wildman–Crippen LogP) is -1.30. The standard InChI is InChI=1S/C7H14N2O6S/c1-9(2)16(14,15)8-5(7(12)13)3-4-6(10)11/h5,8H,3-4H2,1-2H3,(H,10,11)(H,12,13)/t5-/m0/s1. The molecule has 0 rings (SSSR count). The van der Waals surface area contributed by atoms with Gasteiger partial charge in [0, 0.05) is 20.5 Å². The molecule has 0 fully saturated rings. The first-order valence-corrected chi connectivity index (χ1v) is 5.75. The number of carbonyl (C=O) groups is 2.